The summed E-state index contributed by atoms with van der Waals surface area (Å²) >= 11 is 1.81. The van der Waals surface area contributed by atoms with Crippen molar-refractivity contribution in [3.8, 4) is 6.07 Å². The first kappa shape index (κ1) is 17.5. The third-order valence-electron chi connectivity index (χ3n) is 5.49. The first-order valence-electron chi connectivity index (χ1n) is 9.55. The molecular formula is C22H25N3S. The lowest BCUT2D eigenvalue weighted by molar-refractivity contribution is 0.191. The van der Waals surface area contributed by atoms with Crippen molar-refractivity contribution in [1.29, 1.82) is 5.26 Å². The van der Waals surface area contributed by atoms with Crippen molar-refractivity contribution in [2.45, 2.75) is 36.0 Å². The number of rotatable bonds is 4. The Kier molecular flexibility index (Phi) is 5.19. The Labute approximate surface area is 160 Å². The second kappa shape index (κ2) is 7.73. The molecule has 0 saturated carbocycles. The van der Waals surface area contributed by atoms with Gasteiger partial charge in [0.25, 0.3) is 0 Å². The van der Waals surface area contributed by atoms with Crippen LogP contribution in [0.5, 0.6) is 0 Å². The van der Waals surface area contributed by atoms with Gasteiger partial charge in [-0.3, -0.25) is 0 Å². The fraction of sp³-hybridized carbons (Fsp3) is 0.409. The van der Waals surface area contributed by atoms with Gasteiger partial charge in [-0.05, 0) is 75.1 Å². The molecule has 1 fully saturated rings. The minimum Gasteiger partial charge on any atom is -0.340 e. The van der Waals surface area contributed by atoms with Crippen LogP contribution >= 0.6 is 11.8 Å². The molecule has 4 heteroatoms. The molecule has 1 saturated heterocycles. The van der Waals surface area contributed by atoms with Crippen molar-refractivity contribution in [2.24, 2.45) is 5.92 Å². The predicted octanol–water partition coefficient (Wildman–Crippen LogP) is 5.28. The summed E-state index contributed by atoms with van der Waals surface area (Å²) in [5.41, 5.74) is 3.19. The fourth-order valence-electron chi connectivity index (χ4n) is 3.88. The van der Waals surface area contributed by atoms with Crippen molar-refractivity contribution >= 4 is 23.1 Å². The quantitative estimate of drug-likeness (QED) is 0.739. The Morgan fingerprint density at radius 2 is 1.81 bits per heavy atom. The molecule has 2 aliphatic rings. The minimum absolute atomic E-state index is 0.735. The highest BCUT2D eigenvalue weighted by molar-refractivity contribution is 7.99. The second-order valence-corrected chi connectivity index (χ2v) is 8.48. The average molecular weight is 364 g/mol. The number of likely N-dealkylation sites (tertiary alicyclic amines) is 1. The highest BCUT2D eigenvalue weighted by Gasteiger charge is 2.23. The third-order valence-corrected chi connectivity index (χ3v) is 6.62. The largest absolute Gasteiger partial charge is 0.340 e. The van der Waals surface area contributed by atoms with E-state index in [1.807, 2.05) is 12.1 Å². The van der Waals surface area contributed by atoms with Gasteiger partial charge in [0.1, 0.15) is 0 Å². The van der Waals surface area contributed by atoms with Gasteiger partial charge in [0.05, 0.1) is 23.0 Å². The molecule has 0 atom stereocenters. The standard InChI is InChI=1S/C22H25N3S/c1-17-9-13-24(14-10-17)11-4-12-25-19-5-2-3-6-21(19)26-22-8-7-18(16-23)15-20(22)25/h2-3,5-8,15,17H,4,9-14H2,1H3. The molecule has 2 aromatic rings. The van der Waals surface area contributed by atoms with Gasteiger partial charge in [0, 0.05) is 16.3 Å². The molecule has 0 spiro atoms. The zero-order valence-corrected chi connectivity index (χ0v) is 16.1. The first-order valence-corrected chi connectivity index (χ1v) is 10.4. The number of nitrogens with zero attached hydrogens (tertiary/aromatic N) is 3. The molecule has 2 aromatic carbocycles. The van der Waals surface area contributed by atoms with Crippen molar-refractivity contribution in [2.75, 3.05) is 31.1 Å². The highest BCUT2D eigenvalue weighted by Crippen LogP contribution is 2.48. The Morgan fingerprint density at radius 1 is 1.04 bits per heavy atom. The van der Waals surface area contributed by atoms with Crippen LogP contribution in [0.2, 0.25) is 0 Å². The lowest BCUT2D eigenvalue weighted by atomic mass is 9.99. The summed E-state index contributed by atoms with van der Waals surface area (Å²) in [6.45, 7) is 6.99. The zero-order chi connectivity index (χ0) is 17.9. The van der Waals surface area contributed by atoms with E-state index in [1.54, 1.807) is 11.8 Å². The third kappa shape index (κ3) is 3.60. The molecule has 26 heavy (non-hydrogen) atoms. The van der Waals surface area contributed by atoms with Crippen LogP contribution in [0.25, 0.3) is 0 Å². The SMILES string of the molecule is CC1CCN(CCCN2c3ccccc3Sc3ccc(C#N)cc32)CC1. The second-order valence-electron chi connectivity index (χ2n) is 7.39. The van der Waals surface area contributed by atoms with E-state index in [0.717, 1.165) is 31.0 Å². The van der Waals surface area contributed by atoms with Crippen molar-refractivity contribution in [1.82, 2.24) is 4.90 Å². The van der Waals surface area contributed by atoms with Gasteiger partial charge in [-0.1, -0.05) is 30.8 Å². The summed E-state index contributed by atoms with van der Waals surface area (Å²) in [4.78, 5) is 7.57. The monoisotopic (exact) mass is 363 g/mol. The van der Waals surface area contributed by atoms with Crippen molar-refractivity contribution in [3.05, 3.63) is 48.0 Å². The Balaban J connectivity index is 1.52. The predicted molar refractivity (Wildman–Crippen MR) is 108 cm³/mol. The van der Waals surface area contributed by atoms with Gasteiger partial charge in [-0.15, -0.1) is 0 Å². The molecule has 0 bridgehead atoms. The first-order chi connectivity index (χ1) is 12.7. The number of fused-ring (bicyclic) bond motifs is 2. The van der Waals surface area contributed by atoms with Crippen LogP contribution in [-0.2, 0) is 0 Å². The maximum Gasteiger partial charge on any atom is 0.0992 e. The van der Waals surface area contributed by atoms with E-state index in [-0.39, 0.29) is 0 Å². The van der Waals surface area contributed by atoms with Gasteiger partial charge < -0.3 is 9.80 Å². The van der Waals surface area contributed by atoms with Gasteiger partial charge in [-0.25, -0.2) is 0 Å². The highest BCUT2D eigenvalue weighted by atomic mass is 32.2. The maximum absolute atomic E-state index is 9.31. The number of para-hydroxylation sites is 1. The number of nitriles is 1. The maximum atomic E-state index is 9.31. The molecule has 2 heterocycles. The minimum atomic E-state index is 0.735. The molecule has 0 amide bonds. The number of hydrogen-bond donors (Lipinski definition) is 0. The number of benzene rings is 2. The molecule has 3 nitrogen and oxygen atoms in total. The number of hydrogen-bond acceptors (Lipinski definition) is 4. The summed E-state index contributed by atoms with van der Waals surface area (Å²) in [5.74, 6) is 0.883. The van der Waals surface area contributed by atoms with E-state index in [9.17, 15) is 5.26 Å². The molecule has 0 N–H and O–H groups in total. The summed E-state index contributed by atoms with van der Waals surface area (Å²) in [7, 11) is 0. The van der Waals surface area contributed by atoms with Gasteiger partial charge >= 0.3 is 0 Å². The lowest BCUT2D eigenvalue weighted by Gasteiger charge is -2.34. The molecule has 0 aromatic heterocycles. The smallest absolute Gasteiger partial charge is 0.0992 e. The average Bonchev–Trinajstić information content (AvgIpc) is 2.68. The van der Waals surface area contributed by atoms with Crippen LogP contribution in [0, 0.1) is 17.2 Å². The summed E-state index contributed by atoms with van der Waals surface area (Å²) in [5, 5.41) is 9.31. The normalized spacial score (nSPS) is 17.5. The van der Waals surface area contributed by atoms with E-state index in [1.165, 1.54) is 47.1 Å². The van der Waals surface area contributed by atoms with E-state index in [0.29, 0.717) is 0 Å². The van der Waals surface area contributed by atoms with Crippen molar-refractivity contribution < 1.29 is 0 Å². The lowest BCUT2D eigenvalue weighted by Crippen LogP contribution is -2.35. The summed E-state index contributed by atoms with van der Waals surface area (Å²) in [6, 6.07) is 17.0. The van der Waals surface area contributed by atoms with Gasteiger partial charge in [0.2, 0.25) is 0 Å². The number of anilines is 2. The van der Waals surface area contributed by atoms with Crippen LogP contribution in [0.4, 0.5) is 11.4 Å². The van der Waals surface area contributed by atoms with E-state index >= 15 is 0 Å². The summed E-state index contributed by atoms with van der Waals surface area (Å²) < 4.78 is 0. The molecule has 2 aliphatic heterocycles. The zero-order valence-electron chi connectivity index (χ0n) is 15.3. The Morgan fingerprint density at radius 3 is 2.62 bits per heavy atom. The van der Waals surface area contributed by atoms with E-state index < -0.39 is 0 Å². The summed E-state index contributed by atoms with van der Waals surface area (Å²) in [6.07, 6.45) is 3.80. The van der Waals surface area contributed by atoms with E-state index in [4.69, 9.17) is 0 Å². The van der Waals surface area contributed by atoms with Crippen LogP contribution in [0.15, 0.2) is 52.3 Å². The van der Waals surface area contributed by atoms with Crippen LogP contribution < -0.4 is 4.90 Å². The van der Waals surface area contributed by atoms with Crippen LogP contribution in [-0.4, -0.2) is 31.1 Å². The Bertz CT molecular complexity index is 818. The fourth-order valence-corrected chi connectivity index (χ4v) is 4.95. The van der Waals surface area contributed by atoms with Gasteiger partial charge in [-0.2, -0.15) is 5.26 Å². The molecule has 0 radical (unpaired) electrons. The van der Waals surface area contributed by atoms with Crippen LogP contribution in [0.3, 0.4) is 0 Å². The molecule has 4 rings (SSSR count). The van der Waals surface area contributed by atoms with Gasteiger partial charge in [0.15, 0.2) is 0 Å². The number of piperidine rings is 1. The molecular weight excluding hydrogens is 338 g/mol. The van der Waals surface area contributed by atoms with Crippen LogP contribution in [0.1, 0.15) is 31.7 Å². The van der Waals surface area contributed by atoms with Crippen molar-refractivity contribution in [3.63, 3.8) is 0 Å². The molecule has 0 unspecified atom stereocenters. The van der Waals surface area contributed by atoms with E-state index in [2.05, 4.69) is 53.1 Å². The Hall–Kier alpha value is -1.96. The topological polar surface area (TPSA) is 30.3 Å². The molecule has 134 valence electrons. The molecule has 0 aliphatic carbocycles.